The number of hydrogen-bond donors (Lipinski definition) is 2. The number of methoxy groups -OCH3 is 1. The maximum Gasteiger partial charge on any atom is 0.280 e. The number of aryl methyl sites for hydroxylation is 1. The third-order valence-electron chi connectivity index (χ3n) is 3.58. The quantitative estimate of drug-likeness (QED) is 0.740. The van der Waals surface area contributed by atoms with Crippen LogP contribution in [0.2, 0.25) is 0 Å². The van der Waals surface area contributed by atoms with Gasteiger partial charge in [-0.05, 0) is 30.5 Å². The monoisotopic (exact) mass is 335 g/mol. The van der Waals surface area contributed by atoms with Crippen LogP contribution in [0.1, 0.15) is 12.0 Å². The number of halogens is 1. The molecule has 0 bridgehead atoms. The molecule has 0 aliphatic rings. The van der Waals surface area contributed by atoms with Gasteiger partial charge in [-0.3, -0.25) is 9.36 Å². The summed E-state index contributed by atoms with van der Waals surface area (Å²) in [6.07, 6.45) is 3.08. The van der Waals surface area contributed by atoms with Crippen LogP contribution >= 0.6 is 12.4 Å². The van der Waals surface area contributed by atoms with Crippen molar-refractivity contribution in [2.24, 2.45) is 0 Å². The average Bonchev–Trinajstić information content (AvgIpc) is 2.99. The highest BCUT2D eigenvalue weighted by molar-refractivity contribution is 5.85. The molecule has 0 aliphatic heterocycles. The Morgan fingerprint density at radius 2 is 2.04 bits per heavy atom. The molecule has 7 nitrogen and oxygen atoms in total. The predicted octanol–water partition coefficient (Wildman–Crippen LogP) is 1.76. The molecule has 3 aromatic rings. The summed E-state index contributed by atoms with van der Waals surface area (Å²) in [5.74, 6) is 1.03. The zero-order valence-electron chi connectivity index (χ0n) is 12.7. The number of fused-ring (bicyclic) bond motifs is 1. The van der Waals surface area contributed by atoms with Crippen LogP contribution in [-0.2, 0) is 13.0 Å². The average molecular weight is 336 g/mol. The molecule has 0 radical (unpaired) electrons. The van der Waals surface area contributed by atoms with Gasteiger partial charge in [-0.25, -0.2) is 4.98 Å². The van der Waals surface area contributed by atoms with Gasteiger partial charge in [0.2, 0.25) is 5.95 Å². The molecule has 0 amide bonds. The first-order valence-electron chi connectivity index (χ1n) is 7.01. The molecule has 8 heteroatoms. The van der Waals surface area contributed by atoms with Crippen molar-refractivity contribution in [3.05, 3.63) is 46.5 Å². The first-order valence-corrected chi connectivity index (χ1v) is 7.01. The number of aromatic nitrogens is 4. The molecule has 0 saturated heterocycles. The van der Waals surface area contributed by atoms with E-state index in [-0.39, 0.29) is 23.9 Å². The first-order chi connectivity index (χ1) is 10.7. The van der Waals surface area contributed by atoms with Gasteiger partial charge in [-0.2, -0.15) is 4.98 Å². The second kappa shape index (κ2) is 7.15. The highest BCUT2D eigenvalue weighted by atomic mass is 35.5. The van der Waals surface area contributed by atoms with Crippen LogP contribution in [0, 0.1) is 0 Å². The summed E-state index contributed by atoms with van der Waals surface area (Å²) in [6.45, 7) is 0.513. The third kappa shape index (κ3) is 3.45. The van der Waals surface area contributed by atoms with Crippen LogP contribution in [0.4, 0.5) is 5.95 Å². The van der Waals surface area contributed by atoms with Crippen LogP contribution in [-0.4, -0.2) is 26.6 Å². The Bertz CT molecular complexity index is 841. The number of ether oxygens (including phenoxy) is 1. The van der Waals surface area contributed by atoms with E-state index in [4.69, 9.17) is 10.5 Å². The lowest BCUT2D eigenvalue weighted by molar-refractivity contribution is 0.414. The molecule has 2 aromatic heterocycles. The Kier molecular flexibility index (Phi) is 5.23. The normalized spacial score (nSPS) is 10.5. The van der Waals surface area contributed by atoms with Gasteiger partial charge in [-0.15, -0.1) is 12.4 Å². The molecule has 0 atom stereocenters. The Labute approximate surface area is 138 Å². The van der Waals surface area contributed by atoms with E-state index in [1.807, 2.05) is 24.3 Å². The number of nitrogens with one attached hydrogen (secondary N) is 1. The lowest BCUT2D eigenvalue weighted by atomic mass is 10.1. The number of hydrogen-bond acceptors (Lipinski definition) is 5. The molecular formula is C15H18ClN5O2. The maximum atomic E-state index is 12.3. The molecule has 2 heterocycles. The van der Waals surface area contributed by atoms with Crippen molar-refractivity contribution in [3.63, 3.8) is 0 Å². The van der Waals surface area contributed by atoms with E-state index in [9.17, 15) is 4.79 Å². The molecule has 0 fully saturated rings. The number of anilines is 1. The van der Waals surface area contributed by atoms with E-state index in [1.54, 1.807) is 7.11 Å². The summed E-state index contributed by atoms with van der Waals surface area (Å²) < 4.78 is 6.60. The highest BCUT2D eigenvalue weighted by Crippen LogP contribution is 2.13. The molecule has 0 spiro atoms. The Morgan fingerprint density at radius 3 is 2.74 bits per heavy atom. The van der Waals surface area contributed by atoms with Crippen molar-refractivity contribution in [3.8, 4) is 5.75 Å². The largest absolute Gasteiger partial charge is 0.497 e. The summed E-state index contributed by atoms with van der Waals surface area (Å²) >= 11 is 0. The van der Waals surface area contributed by atoms with Gasteiger partial charge in [0, 0.05) is 6.54 Å². The minimum atomic E-state index is -0.185. The predicted molar refractivity (Wildman–Crippen MR) is 91.1 cm³/mol. The number of aromatic amines is 1. The van der Waals surface area contributed by atoms with E-state index in [0.29, 0.717) is 17.7 Å². The fourth-order valence-corrected chi connectivity index (χ4v) is 2.39. The van der Waals surface area contributed by atoms with E-state index >= 15 is 0 Å². The van der Waals surface area contributed by atoms with Gasteiger partial charge in [0.05, 0.1) is 13.4 Å². The van der Waals surface area contributed by atoms with Crippen LogP contribution in [0.25, 0.3) is 11.2 Å². The molecular weight excluding hydrogens is 318 g/mol. The van der Waals surface area contributed by atoms with Crippen LogP contribution < -0.4 is 16.0 Å². The summed E-state index contributed by atoms with van der Waals surface area (Å²) in [5.41, 5.74) is 7.59. The summed E-state index contributed by atoms with van der Waals surface area (Å²) in [5, 5.41) is 0. The number of nitrogens with two attached hydrogens (primary N) is 1. The zero-order valence-corrected chi connectivity index (χ0v) is 13.5. The van der Waals surface area contributed by atoms with Crippen LogP contribution in [0.3, 0.4) is 0 Å². The lowest BCUT2D eigenvalue weighted by Crippen LogP contribution is -2.25. The number of imidazole rings is 1. The molecule has 1 aromatic carbocycles. The Morgan fingerprint density at radius 1 is 1.30 bits per heavy atom. The fraction of sp³-hybridized carbons (Fsp3) is 0.267. The van der Waals surface area contributed by atoms with Gasteiger partial charge in [0.15, 0.2) is 11.2 Å². The topological polar surface area (TPSA) is 98.8 Å². The lowest BCUT2D eigenvalue weighted by Gasteiger charge is -2.08. The standard InChI is InChI=1S/C15H17N5O2.ClH/c1-22-11-6-4-10(5-7-11)3-2-8-20-14(21)12-13(18-9-17-12)19-15(20)16;/h4-7,9H,2-3,8H2,1H3,(H2,16,19)(H,17,18);1H. The Balaban J connectivity index is 0.00000192. The summed E-state index contributed by atoms with van der Waals surface area (Å²) in [7, 11) is 1.64. The minimum Gasteiger partial charge on any atom is -0.497 e. The van der Waals surface area contributed by atoms with Crippen molar-refractivity contribution in [2.45, 2.75) is 19.4 Å². The maximum absolute atomic E-state index is 12.3. The van der Waals surface area contributed by atoms with E-state index in [1.165, 1.54) is 16.5 Å². The van der Waals surface area contributed by atoms with Gasteiger partial charge in [-0.1, -0.05) is 12.1 Å². The fourth-order valence-electron chi connectivity index (χ4n) is 2.39. The summed E-state index contributed by atoms with van der Waals surface area (Å²) in [4.78, 5) is 23.2. The molecule has 3 N–H and O–H groups in total. The second-order valence-electron chi connectivity index (χ2n) is 4.98. The number of rotatable bonds is 5. The van der Waals surface area contributed by atoms with Crippen molar-refractivity contribution >= 4 is 29.5 Å². The minimum absolute atomic E-state index is 0. The van der Waals surface area contributed by atoms with Crippen molar-refractivity contribution < 1.29 is 4.74 Å². The molecule has 3 rings (SSSR count). The number of H-pyrrole nitrogens is 1. The van der Waals surface area contributed by atoms with Crippen molar-refractivity contribution in [1.82, 2.24) is 19.5 Å². The molecule has 122 valence electrons. The number of nitrogens with zero attached hydrogens (tertiary/aromatic N) is 3. The number of nitrogen functional groups attached to an aromatic ring is 1. The molecule has 23 heavy (non-hydrogen) atoms. The van der Waals surface area contributed by atoms with Crippen molar-refractivity contribution in [2.75, 3.05) is 12.8 Å². The zero-order chi connectivity index (χ0) is 15.5. The van der Waals surface area contributed by atoms with Gasteiger partial charge < -0.3 is 15.5 Å². The van der Waals surface area contributed by atoms with Gasteiger partial charge in [0.25, 0.3) is 5.56 Å². The molecule has 0 saturated carbocycles. The highest BCUT2D eigenvalue weighted by Gasteiger charge is 2.10. The van der Waals surface area contributed by atoms with Gasteiger partial charge in [0.1, 0.15) is 5.75 Å². The molecule has 0 aliphatic carbocycles. The first kappa shape index (κ1) is 16.8. The Hall–Kier alpha value is -2.54. The SMILES string of the molecule is COc1ccc(CCCn2c(N)nc3nc[nH]c3c2=O)cc1.Cl. The van der Waals surface area contributed by atoms with Crippen LogP contribution in [0.15, 0.2) is 35.4 Å². The second-order valence-corrected chi connectivity index (χ2v) is 4.98. The van der Waals surface area contributed by atoms with Gasteiger partial charge >= 0.3 is 0 Å². The van der Waals surface area contributed by atoms with Crippen LogP contribution in [0.5, 0.6) is 5.75 Å². The van der Waals surface area contributed by atoms with E-state index in [0.717, 1.165) is 18.6 Å². The molecule has 0 unspecified atom stereocenters. The summed E-state index contributed by atoms with van der Waals surface area (Å²) in [6, 6.07) is 7.88. The van der Waals surface area contributed by atoms with E-state index < -0.39 is 0 Å². The third-order valence-corrected chi connectivity index (χ3v) is 3.58. The number of benzene rings is 1. The smallest absolute Gasteiger partial charge is 0.280 e. The van der Waals surface area contributed by atoms with E-state index in [2.05, 4.69) is 15.0 Å². The van der Waals surface area contributed by atoms with Crippen molar-refractivity contribution in [1.29, 1.82) is 0 Å².